The average molecular weight is 255 g/mol. The molecule has 1 rings (SSSR count). The molecule has 0 aliphatic heterocycles. The lowest BCUT2D eigenvalue weighted by Gasteiger charge is -2.24. The fourth-order valence-electron chi connectivity index (χ4n) is 1.76. The molecule has 1 aromatic carbocycles. The Kier molecular flexibility index (Phi) is 5.72. The Morgan fingerprint density at radius 1 is 1.39 bits per heavy atom. The quantitative estimate of drug-likeness (QED) is 0.732. The standard InChI is InChI=1S/C14H22FNO2/c1-11-10-12(4-5-13(11)15)14(2,17)6-7-16-8-9-18-3/h4-5,10,16-17H,6-9H2,1-3H3. The maximum Gasteiger partial charge on any atom is 0.126 e. The first-order valence-corrected chi connectivity index (χ1v) is 6.16. The topological polar surface area (TPSA) is 41.5 Å². The molecule has 0 aliphatic rings. The van der Waals surface area contributed by atoms with Gasteiger partial charge in [-0.05, 0) is 44.0 Å². The molecule has 0 heterocycles. The van der Waals surface area contributed by atoms with Crippen LogP contribution in [0.4, 0.5) is 4.39 Å². The summed E-state index contributed by atoms with van der Waals surface area (Å²) in [5.41, 5.74) is 0.355. The Morgan fingerprint density at radius 3 is 2.72 bits per heavy atom. The van der Waals surface area contributed by atoms with Crippen molar-refractivity contribution in [3.63, 3.8) is 0 Å². The molecule has 3 nitrogen and oxygen atoms in total. The minimum absolute atomic E-state index is 0.243. The second-order valence-electron chi connectivity index (χ2n) is 4.73. The van der Waals surface area contributed by atoms with E-state index in [-0.39, 0.29) is 5.82 Å². The summed E-state index contributed by atoms with van der Waals surface area (Å²) < 4.78 is 18.1. The van der Waals surface area contributed by atoms with Crippen LogP contribution in [0, 0.1) is 12.7 Å². The number of hydrogen-bond donors (Lipinski definition) is 2. The highest BCUT2D eigenvalue weighted by Gasteiger charge is 2.22. The predicted octanol–water partition coefficient (Wildman–Crippen LogP) is 1.97. The number of nitrogens with one attached hydrogen (secondary N) is 1. The van der Waals surface area contributed by atoms with Gasteiger partial charge in [0.25, 0.3) is 0 Å². The molecule has 0 aliphatic carbocycles. The van der Waals surface area contributed by atoms with Crippen molar-refractivity contribution in [2.24, 2.45) is 0 Å². The van der Waals surface area contributed by atoms with Gasteiger partial charge >= 0.3 is 0 Å². The molecule has 1 unspecified atom stereocenters. The minimum atomic E-state index is -0.946. The number of halogens is 1. The lowest BCUT2D eigenvalue weighted by atomic mass is 9.91. The van der Waals surface area contributed by atoms with Crippen LogP contribution in [-0.2, 0) is 10.3 Å². The Bertz CT molecular complexity index is 380. The molecule has 2 N–H and O–H groups in total. The van der Waals surface area contributed by atoms with Crippen LogP contribution in [0.15, 0.2) is 18.2 Å². The summed E-state index contributed by atoms with van der Waals surface area (Å²) in [5, 5.41) is 13.5. The second kappa shape index (κ2) is 6.83. The summed E-state index contributed by atoms with van der Waals surface area (Å²) in [6.45, 7) is 5.54. The molecule has 0 saturated heterocycles. The van der Waals surface area contributed by atoms with Crippen LogP contribution in [0.1, 0.15) is 24.5 Å². The van der Waals surface area contributed by atoms with Crippen molar-refractivity contribution < 1.29 is 14.2 Å². The Labute approximate surface area is 108 Å². The second-order valence-corrected chi connectivity index (χ2v) is 4.73. The van der Waals surface area contributed by atoms with Gasteiger partial charge in [0.2, 0.25) is 0 Å². The number of benzene rings is 1. The lowest BCUT2D eigenvalue weighted by Crippen LogP contribution is -2.29. The summed E-state index contributed by atoms with van der Waals surface area (Å²) in [4.78, 5) is 0. The van der Waals surface area contributed by atoms with Crippen LogP contribution in [0.25, 0.3) is 0 Å². The molecule has 0 amide bonds. The fourth-order valence-corrected chi connectivity index (χ4v) is 1.76. The van der Waals surface area contributed by atoms with Gasteiger partial charge in [0, 0.05) is 13.7 Å². The Hall–Kier alpha value is -0.970. The molecule has 102 valence electrons. The number of aryl methyl sites for hydroxylation is 1. The van der Waals surface area contributed by atoms with E-state index in [2.05, 4.69) is 5.32 Å². The van der Waals surface area contributed by atoms with Crippen molar-refractivity contribution in [3.05, 3.63) is 35.1 Å². The van der Waals surface area contributed by atoms with Gasteiger partial charge in [-0.25, -0.2) is 4.39 Å². The van der Waals surface area contributed by atoms with E-state index in [4.69, 9.17) is 4.74 Å². The van der Waals surface area contributed by atoms with Gasteiger partial charge in [-0.1, -0.05) is 12.1 Å². The largest absolute Gasteiger partial charge is 0.385 e. The van der Waals surface area contributed by atoms with Crippen molar-refractivity contribution in [2.45, 2.75) is 25.9 Å². The van der Waals surface area contributed by atoms with Crippen molar-refractivity contribution in [3.8, 4) is 0 Å². The van der Waals surface area contributed by atoms with E-state index in [1.54, 1.807) is 33.1 Å². The summed E-state index contributed by atoms with van der Waals surface area (Å²) >= 11 is 0. The molecule has 0 bridgehead atoms. The van der Waals surface area contributed by atoms with Crippen molar-refractivity contribution in [1.82, 2.24) is 5.32 Å². The highest BCUT2D eigenvalue weighted by atomic mass is 19.1. The Morgan fingerprint density at radius 2 is 2.11 bits per heavy atom. The molecular weight excluding hydrogens is 233 g/mol. The molecule has 1 atom stereocenters. The predicted molar refractivity (Wildman–Crippen MR) is 70.1 cm³/mol. The van der Waals surface area contributed by atoms with E-state index in [0.29, 0.717) is 25.1 Å². The van der Waals surface area contributed by atoms with E-state index in [9.17, 15) is 9.50 Å². The van der Waals surface area contributed by atoms with Crippen LogP contribution >= 0.6 is 0 Å². The van der Waals surface area contributed by atoms with Crippen molar-refractivity contribution in [2.75, 3.05) is 26.8 Å². The molecular formula is C14H22FNO2. The third-order valence-corrected chi connectivity index (χ3v) is 3.05. The monoisotopic (exact) mass is 255 g/mol. The molecule has 18 heavy (non-hydrogen) atoms. The first kappa shape index (κ1) is 15.1. The van der Waals surface area contributed by atoms with Gasteiger partial charge < -0.3 is 15.2 Å². The van der Waals surface area contributed by atoms with E-state index < -0.39 is 5.60 Å². The zero-order valence-corrected chi connectivity index (χ0v) is 11.3. The molecule has 0 saturated carbocycles. The maximum absolute atomic E-state index is 13.2. The van der Waals surface area contributed by atoms with Gasteiger partial charge in [0.1, 0.15) is 5.82 Å². The zero-order chi connectivity index (χ0) is 13.6. The number of ether oxygens (including phenoxy) is 1. The van der Waals surface area contributed by atoms with Gasteiger partial charge in [-0.3, -0.25) is 0 Å². The van der Waals surface area contributed by atoms with Gasteiger partial charge in [0.05, 0.1) is 12.2 Å². The van der Waals surface area contributed by atoms with Gasteiger partial charge in [-0.2, -0.15) is 0 Å². The third kappa shape index (κ3) is 4.37. The third-order valence-electron chi connectivity index (χ3n) is 3.05. The van der Waals surface area contributed by atoms with Crippen molar-refractivity contribution in [1.29, 1.82) is 0 Å². The molecule has 0 aromatic heterocycles. The first-order valence-electron chi connectivity index (χ1n) is 6.16. The fraction of sp³-hybridized carbons (Fsp3) is 0.571. The normalized spacial score (nSPS) is 14.5. The molecule has 4 heteroatoms. The lowest BCUT2D eigenvalue weighted by molar-refractivity contribution is 0.0474. The number of methoxy groups -OCH3 is 1. The summed E-state index contributed by atoms with van der Waals surface area (Å²) in [6.07, 6.45) is 0.571. The molecule has 0 fully saturated rings. The zero-order valence-electron chi connectivity index (χ0n) is 11.3. The summed E-state index contributed by atoms with van der Waals surface area (Å²) in [7, 11) is 1.65. The van der Waals surface area contributed by atoms with Crippen LogP contribution < -0.4 is 5.32 Å². The maximum atomic E-state index is 13.2. The van der Waals surface area contributed by atoms with Gasteiger partial charge in [-0.15, -0.1) is 0 Å². The Balaban J connectivity index is 2.54. The van der Waals surface area contributed by atoms with Crippen LogP contribution in [0.5, 0.6) is 0 Å². The van der Waals surface area contributed by atoms with Gasteiger partial charge in [0.15, 0.2) is 0 Å². The first-order chi connectivity index (χ1) is 8.47. The van der Waals surface area contributed by atoms with Crippen molar-refractivity contribution >= 4 is 0 Å². The smallest absolute Gasteiger partial charge is 0.126 e. The van der Waals surface area contributed by atoms with E-state index in [1.165, 1.54) is 6.07 Å². The highest BCUT2D eigenvalue weighted by Crippen LogP contribution is 2.25. The van der Waals surface area contributed by atoms with Crippen LogP contribution in [0.3, 0.4) is 0 Å². The highest BCUT2D eigenvalue weighted by molar-refractivity contribution is 5.28. The van der Waals surface area contributed by atoms with E-state index in [1.807, 2.05) is 0 Å². The summed E-state index contributed by atoms with van der Waals surface area (Å²) in [6, 6.07) is 4.74. The van der Waals surface area contributed by atoms with Crippen LogP contribution in [0.2, 0.25) is 0 Å². The number of aliphatic hydroxyl groups is 1. The number of rotatable bonds is 7. The average Bonchev–Trinajstić information content (AvgIpc) is 2.32. The molecule has 0 radical (unpaired) electrons. The number of hydrogen-bond acceptors (Lipinski definition) is 3. The molecule has 0 spiro atoms. The van der Waals surface area contributed by atoms with E-state index >= 15 is 0 Å². The van der Waals surface area contributed by atoms with E-state index in [0.717, 1.165) is 12.1 Å². The minimum Gasteiger partial charge on any atom is -0.385 e. The summed E-state index contributed by atoms with van der Waals surface area (Å²) in [5.74, 6) is -0.243. The molecule has 1 aromatic rings. The SMILES string of the molecule is COCCNCCC(C)(O)c1ccc(F)c(C)c1. The van der Waals surface area contributed by atoms with Crippen LogP contribution in [-0.4, -0.2) is 31.9 Å².